The first-order chi connectivity index (χ1) is 39.9. The molecule has 18 heteroatoms. The third kappa shape index (κ3) is 15.0. The molecule has 2 fully saturated rings. The number of carbonyl (C=O) groups excluding carboxylic acids is 8. The van der Waals surface area contributed by atoms with E-state index in [2.05, 4.69) is 54.3 Å². The highest BCUT2D eigenvalue weighted by atomic mass is 16.2. The Morgan fingerprint density at radius 1 is 0.571 bits per heavy atom. The molecule has 8 amide bonds. The fraction of sp³-hybridized carbons (Fsp3) is 0.500. The molecule has 4 aromatic carbocycles. The van der Waals surface area contributed by atoms with Gasteiger partial charge in [0.2, 0.25) is 35.4 Å². The maximum atomic E-state index is 14.6. The van der Waals surface area contributed by atoms with Crippen LogP contribution in [0.1, 0.15) is 160 Å². The molecule has 0 saturated carbocycles. The molecule has 9 atom stereocenters. The third-order valence-electron chi connectivity index (χ3n) is 17.2. The summed E-state index contributed by atoms with van der Waals surface area (Å²) in [6.45, 7) is 14.6. The SMILES string of the molecule is CN[C@@H](C)C(=O)N[C@H](C(=O)N1CC(=NC(=O)c2ccc(CCc3ccc(C(=O)N[C@@H]4C[C@@H](C(=O)N[C@@H]5CCCc6ccccc65)N(C(=O)[C@@H](NC(=O)[C@H](C)NC)C(C)(C)C)C4)cc3)cc2)C[C@H]1C(=O)N[C@@H]1CCCc2ccccc21)C(C)(C)C. The second-order valence-corrected chi connectivity index (χ2v) is 25.4. The van der Waals surface area contributed by atoms with Crippen LogP contribution in [0, 0.1) is 10.8 Å². The van der Waals surface area contributed by atoms with Gasteiger partial charge in [-0.15, -0.1) is 0 Å². The van der Waals surface area contributed by atoms with Crippen molar-refractivity contribution in [3.8, 4) is 0 Å². The van der Waals surface area contributed by atoms with Gasteiger partial charge in [0.05, 0.1) is 30.7 Å². The second-order valence-electron chi connectivity index (χ2n) is 25.4. The number of aliphatic imine (C=N–C) groups is 1. The molecule has 448 valence electrons. The normalized spacial score (nSPS) is 21.5. The van der Waals surface area contributed by atoms with E-state index in [1.807, 2.05) is 102 Å². The van der Waals surface area contributed by atoms with Gasteiger partial charge in [0, 0.05) is 35.8 Å². The van der Waals surface area contributed by atoms with Crippen LogP contribution in [-0.4, -0.2) is 132 Å². The molecule has 2 saturated heterocycles. The van der Waals surface area contributed by atoms with Crippen molar-refractivity contribution < 1.29 is 38.4 Å². The van der Waals surface area contributed by atoms with Crippen LogP contribution in [0.15, 0.2) is 102 Å². The van der Waals surface area contributed by atoms with Crippen molar-refractivity contribution in [1.82, 2.24) is 47.0 Å². The van der Waals surface area contributed by atoms with Gasteiger partial charge >= 0.3 is 0 Å². The Hall–Kier alpha value is -7.57. The lowest BCUT2D eigenvalue weighted by molar-refractivity contribution is -0.144. The Bertz CT molecular complexity index is 3110. The number of benzene rings is 4. The Labute approximate surface area is 494 Å². The zero-order chi connectivity index (χ0) is 60.6. The molecule has 4 aromatic rings. The van der Waals surface area contributed by atoms with Crippen molar-refractivity contribution in [2.75, 3.05) is 27.2 Å². The van der Waals surface area contributed by atoms with Gasteiger partial charge < -0.3 is 47.0 Å². The summed E-state index contributed by atoms with van der Waals surface area (Å²) < 4.78 is 0. The van der Waals surface area contributed by atoms with E-state index in [4.69, 9.17) is 0 Å². The molecular formula is C66H86N10O8. The smallest absolute Gasteiger partial charge is 0.276 e. The molecule has 8 rings (SSSR count). The predicted octanol–water partition coefficient (Wildman–Crippen LogP) is 6.02. The number of amides is 8. The summed E-state index contributed by atoms with van der Waals surface area (Å²) in [5.41, 5.74) is 6.19. The first-order valence-electron chi connectivity index (χ1n) is 29.9. The van der Waals surface area contributed by atoms with Gasteiger partial charge in [-0.25, -0.2) is 4.99 Å². The van der Waals surface area contributed by atoms with Gasteiger partial charge in [-0.3, -0.25) is 38.4 Å². The van der Waals surface area contributed by atoms with Crippen molar-refractivity contribution in [3.05, 3.63) is 142 Å². The summed E-state index contributed by atoms with van der Waals surface area (Å²) in [4.78, 5) is 119. The Balaban J connectivity index is 0.907. The van der Waals surface area contributed by atoms with Crippen LogP contribution in [0.2, 0.25) is 0 Å². The molecule has 7 N–H and O–H groups in total. The van der Waals surface area contributed by atoms with Crippen LogP contribution in [0.25, 0.3) is 0 Å². The number of nitrogens with one attached hydrogen (secondary N) is 7. The Morgan fingerprint density at radius 3 is 1.50 bits per heavy atom. The van der Waals surface area contributed by atoms with E-state index in [1.165, 1.54) is 20.9 Å². The van der Waals surface area contributed by atoms with E-state index < -0.39 is 70.8 Å². The largest absolute Gasteiger partial charge is 0.347 e. The monoisotopic (exact) mass is 1150 g/mol. The van der Waals surface area contributed by atoms with Crippen LogP contribution >= 0.6 is 0 Å². The number of hydrogen-bond acceptors (Lipinski definition) is 10. The standard InChI is InChI=1S/C66H86N10O8/c1-39(67-9)57(77)73-55(65(3,4)5)63(83)75-37-47(35-53(75)61(81)71-51-23-15-19-43-17-11-13-21-49(43)51)69-59(79)45-31-27-41(28-32-45)25-26-42-29-33-46(34-30-42)60(80)70-48-36-54(62(82)72-52-24-16-20-44-18-12-14-22-50(44)52)76(38-48)64(84)56(66(6,7)8)74-58(78)40(2)68-10/h11-14,17-18,21-22,27-34,39-40,47,51-56,67-68H,15-16,19-20,23-26,35-38H2,1-10H3,(H,69,79)(H,71,81)(H,72,82)(H,73,77)(H,74,78)/t39-,40-,47+,51+,52+,53-,54-,55+,56+/m0/s1. The minimum atomic E-state index is -0.968. The number of likely N-dealkylation sites (tertiary alicyclic amines) is 2. The number of likely N-dealkylation sites (N-methyl/N-ethyl adjacent to an activating group) is 2. The molecule has 2 aliphatic heterocycles. The van der Waals surface area contributed by atoms with Crippen molar-refractivity contribution in [3.63, 3.8) is 0 Å². The summed E-state index contributed by atoms with van der Waals surface area (Å²) >= 11 is 0. The topological polar surface area (TPSA) is 240 Å². The molecule has 2 heterocycles. The molecule has 0 unspecified atom stereocenters. The molecule has 84 heavy (non-hydrogen) atoms. The summed E-state index contributed by atoms with van der Waals surface area (Å²) in [5.74, 6) is -3.00. The van der Waals surface area contributed by atoms with Gasteiger partial charge in [-0.1, -0.05) is 114 Å². The molecule has 0 radical (unpaired) electrons. The number of nitrogens with zero attached hydrogens (tertiary/aromatic N) is 3. The van der Waals surface area contributed by atoms with Crippen molar-refractivity contribution >= 4 is 53.0 Å². The van der Waals surface area contributed by atoms with E-state index >= 15 is 0 Å². The predicted molar refractivity (Wildman–Crippen MR) is 324 cm³/mol. The summed E-state index contributed by atoms with van der Waals surface area (Å²) in [7, 11) is 3.33. The van der Waals surface area contributed by atoms with E-state index in [-0.39, 0.29) is 67.6 Å². The lowest BCUT2D eigenvalue weighted by atomic mass is 9.85. The average molecular weight is 1150 g/mol. The van der Waals surface area contributed by atoms with Crippen molar-refractivity contribution in [1.29, 1.82) is 0 Å². The van der Waals surface area contributed by atoms with Gasteiger partial charge in [0.1, 0.15) is 24.2 Å². The number of rotatable bonds is 18. The maximum absolute atomic E-state index is 14.6. The second kappa shape index (κ2) is 27.0. The van der Waals surface area contributed by atoms with E-state index in [0.29, 0.717) is 29.7 Å². The highest BCUT2D eigenvalue weighted by Crippen LogP contribution is 2.34. The quantitative estimate of drug-likeness (QED) is 0.0612. The van der Waals surface area contributed by atoms with E-state index in [9.17, 15) is 38.4 Å². The van der Waals surface area contributed by atoms with E-state index in [1.54, 1.807) is 52.2 Å². The maximum Gasteiger partial charge on any atom is 0.276 e. The van der Waals surface area contributed by atoms with Crippen molar-refractivity contribution in [2.24, 2.45) is 15.8 Å². The summed E-state index contributed by atoms with van der Waals surface area (Å²) in [6.07, 6.45) is 6.71. The first-order valence-corrected chi connectivity index (χ1v) is 29.9. The van der Waals surface area contributed by atoms with Crippen molar-refractivity contribution in [2.45, 2.75) is 174 Å². The Morgan fingerprint density at radius 2 is 1.02 bits per heavy atom. The highest BCUT2D eigenvalue weighted by Gasteiger charge is 2.47. The minimum Gasteiger partial charge on any atom is -0.347 e. The molecule has 0 aromatic heterocycles. The fourth-order valence-corrected chi connectivity index (χ4v) is 11.9. The van der Waals surface area contributed by atoms with Gasteiger partial charge in [0.25, 0.3) is 11.8 Å². The lowest BCUT2D eigenvalue weighted by Gasteiger charge is -2.36. The average Bonchev–Trinajstić information content (AvgIpc) is 3.58. The number of fused-ring (bicyclic) bond motifs is 2. The van der Waals surface area contributed by atoms with E-state index in [0.717, 1.165) is 60.8 Å². The third-order valence-corrected chi connectivity index (χ3v) is 17.2. The Kier molecular flexibility index (Phi) is 20.1. The zero-order valence-corrected chi connectivity index (χ0v) is 50.5. The molecule has 4 aliphatic rings. The fourth-order valence-electron chi connectivity index (χ4n) is 11.9. The van der Waals surface area contributed by atoms with Crippen LogP contribution in [-0.2, 0) is 54.5 Å². The molecule has 2 aliphatic carbocycles. The van der Waals surface area contributed by atoms with Gasteiger partial charge in [-0.05, 0) is 154 Å². The molecular weight excluding hydrogens is 1060 g/mol. The van der Waals surface area contributed by atoms with Crippen LogP contribution in [0.5, 0.6) is 0 Å². The minimum absolute atomic E-state index is 0.0560. The number of carbonyl (C=O) groups is 8. The van der Waals surface area contributed by atoms with Gasteiger partial charge in [-0.2, -0.15) is 0 Å². The summed E-state index contributed by atoms with van der Waals surface area (Å²) in [5, 5.41) is 21.3. The number of aryl methyl sites for hydroxylation is 4. The molecule has 0 bridgehead atoms. The highest BCUT2D eigenvalue weighted by molar-refractivity contribution is 6.09. The van der Waals surface area contributed by atoms with Gasteiger partial charge in [0.15, 0.2) is 0 Å². The lowest BCUT2D eigenvalue weighted by Crippen LogP contribution is -2.59. The summed E-state index contributed by atoms with van der Waals surface area (Å²) in [6, 6.07) is 24.7. The zero-order valence-electron chi connectivity index (χ0n) is 50.5. The number of hydrogen-bond donors (Lipinski definition) is 7. The molecule has 18 nitrogen and oxygen atoms in total. The van der Waals surface area contributed by atoms with Crippen LogP contribution in [0.3, 0.4) is 0 Å². The van der Waals surface area contributed by atoms with Crippen LogP contribution < -0.4 is 37.2 Å². The first kappa shape index (κ1) is 62.5. The van der Waals surface area contributed by atoms with Crippen LogP contribution in [0.4, 0.5) is 0 Å². The molecule has 0 spiro atoms.